The summed E-state index contributed by atoms with van der Waals surface area (Å²) in [6.45, 7) is 0.394. The van der Waals surface area contributed by atoms with Crippen LogP contribution in [0.3, 0.4) is 0 Å². The van der Waals surface area contributed by atoms with Crippen molar-refractivity contribution in [2.75, 3.05) is 6.54 Å². The molecule has 1 aromatic heterocycles. The second-order valence-electron chi connectivity index (χ2n) is 5.47. The number of carbonyl (C=O) groups is 2. The largest absolute Gasteiger partial charge is 0.480 e. The van der Waals surface area contributed by atoms with Crippen molar-refractivity contribution in [1.82, 2.24) is 14.9 Å². The first-order valence-electron chi connectivity index (χ1n) is 6.97. The number of nitrogens with zero attached hydrogens (tertiary/aromatic N) is 2. The number of aromatic nitrogens is 2. The van der Waals surface area contributed by atoms with Gasteiger partial charge in [0.2, 0.25) is 5.91 Å². The fraction of sp³-hybridized carbons (Fsp3) is 0.400. The summed E-state index contributed by atoms with van der Waals surface area (Å²) in [5, 5.41) is 11.8. The van der Waals surface area contributed by atoms with Gasteiger partial charge in [-0.05, 0) is 25.0 Å². The molecule has 2 N–H and O–H groups in total. The Bertz CT molecular complexity index is 716. The molecule has 1 heterocycles. The smallest absolute Gasteiger partial charge is 0.319 e. The summed E-state index contributed by atoms with van der Waals surface area (Å²) in [6.07, 6.45) is 1.44. The van der Waals surface area contributed by atoms with Crippen LogP contribution in [-0.4, -0.2) is 33.1 Å². The molecule has 0 spiro atoms. The summed E-state index contributed by atoms with van der Waals surface area (Å²) in [7, 11) is 1.94. The molecule has 2 aromatic rings. The zero-order valence-corrected chi connectivity index (χ0v) is 11.8. The molecule has 1 aliphatic carbocycles. The predicted molar refractivity (Wildman–Crippen MR) is 76.7 cm³/mol. The Morgan fingerprint density at radius 3 is 2.71 bits per heavy atom. The second-order valence-corrected chi connectivity index (χ2v) is 5.47. The van der Waals surface area contributed by atoms with Gasteiger partial charge in [-0.15, -0.1) is 0 Å². The number of aliphatic carboxylic acids is 1. The zero-order valence-electron chi connectivity index (χ0n) is 11.8. The molecule has 1 aliphatic rings. The highest BCUT2D eigenvalue weighted by Crippen LogP contribution is 2.46. The molecule has 21 heavy (non-hydrogen) atoms. The van der Waals surface area contributed by atoms with Gasteiger partial charge < -0.3 is 15.0 Å². The number of carboxylic acids is 1. The summed E-state index contributed by atoms with van der Waals surface area (Å²) >= 11 is 0. The third-order valence-electron chi connectivity index (χ3n) is 4.11. The third-order valence-corrected chi connectivity index (χ3v) is 4.11. The van der Waals surface area contributed by atoms with Crippen LogP contribution in [0.25, 0.3) is 11.0 Å². The molecule has 0 bridgehead atoms. The van der Waals surface area contributed by atoms with Crippen LogP contribution < -0.4 is 5.32 Å². The maximum absolute atomic E-state index is 11.9. The lowest BCUT2D eigenvalue weighted by Gasteiger charge is -2.10. The number of carbonyl (C=O) groups excluding carboxylic acids is 1. The van der Waals surface area contributed by atoms with Crippen molar-refractivity contribution in [3.8, 4) is 0 Å². The topological polar surface area (TPSA) is 84.2 Å². The molecule has 1 aromatic carbocycles. The first-order valence-corrected chi connectivity index (χ1v) is 6.97. The summed E-state index contributed by atoms with van der Waals surface area (Å²) < 4.78 is 1.99. The van der Waals surface area contributed by atoms with Crippen molar-refractivity contribution in [3.63, 3.8) is 0 Å². The summed E-state index contributed by atoms with van der Waals surface area (Å²) in [4.78, 5) is 27.5. The average Bonchev–Trinajstić information content (AvgIpc) is 3.22. The molecule has 1 fully saturated rings. The normalized spacial score (nSPS) is 15.9. The number of rotatable bonds is 5. The Kier molecular flexibility index (Phi) is 3.16. The lowest BCUT2D eigenvalue weighted by atomic mass is 10.1. The number of para-hydroxylation sites is 2. The van der Waals surface area contributed by atoms with Gasteiger partial charge in [0.25, 0.3) is 0 Å². The number of hydrogen-bond donors (Lipinski definition) is 2. The summed E-state index contributed by atoms with van der Waals surface area (Å²) in [5.74, 6) is -0.534. The lowest BCUT2D eigenvalue weighted by molar-refractivity contribution is -0.149. The minimum atomic E-state index is -1.17. The minimum Gasteiger partial charge on any atom is -0.480 e. The van der Waals surface area contributed by atoms with E-state index in [4.69, 9.17) is 5.11 Å². The summed E-state index contributed by atoms with van der Waals surface area (Å²) in [6, 6.07) is 7.83. The van der Waals surface area contributed by atoms with Crippen molar-refractivity contribution in [2.24, 2.45) is 12.5 Å². The Morgan fingerprint density at radius 1 is 1.38 bits per heavy atom. The van der Waals surface area contributed by atoms with Crippen LogP contribution in [0.15, 0.2) is 24.3 Å². The molecule has 0 unspecified atom stereocenters. The molecule has 0 atom stereocenters. The maximum atomic E-state index is 11.9. The fourth-order valence-corrected chi connectivity index (χ4v) is 2.54. The Balaban J connectivity index is 1.64. The van der Waals surface area contributed by atoms with Crippen LogP contribution in [0.2, 0.25) is 0 Å². The van der Waals surface area contributed by atoms with Gasteiger partial charge in [0.05, 0.1) is 11.0 Å². The molecule has 1 saturated carbocycles. The summed E-state index contributed by atoms with van der Waals surface area (Å²) in [5.41, 5.74) is 0.792. The molecule has 0 saturated heterocycles. The molecule has 110 valence electrons. The molecule has 0 aliphatic heterocycles. The lowest BCUT2D eigenvalue weighted by Crippen LogP contribution is -2.38. The van der Waals surface area contributed by atoms with Crippen LogP contribution >= 0.6 is 0 Å². The Morgan fingerprint density at radius 2 is 2.10 bits per heavy atom. The number of hydrogen-bond acceptors (Lipinski definition) is 3. The van der Waals surface area contributed by atoms with Crippen molar-refractivity contribution in [1.29, 1.82) is 0 Å². The number of carboxylic acid groups (broad SMARTS) is 1. The van der Waals surface area contributed by atoms with Gasteiger partial charge in [-0.3, -0.25) is 9.59 Å². The van der Waals surface area contributed by atoms with E-state index in [0.717, 1.165) is 16.9 Å². The van der Waals surface area contributed by atoms with Crippen molar-refractivity contribution < 1.29 is 14.7 Å². The number of aryl methyl sites for hydroxylation is 1. The van der Waals surface area contributed by atoms with E-state index >= 15 is 0 Å². The quantitative estimate of drug-likeness (QED) is 0.806. The average molecular weight is 287 g/mol. The van der Waals surface area contributed by atoms with E-state index in [1.807, 2.05) is 35.9 Å². The van der Waals surface area contributed by atoms with Crippen molar-refractivity contribution in [3.05, 3.63) is 30.1 Å². The highest BCUT2D eigenvalue weighted by atomic mass is 16.4. The second kappa shape index (κ2) is 4.87. The predicted octanol–water partition coefficient (Wildman–Crippen LogP) is 1.10. The molecule has 6 nitrogen and oxygen atoms in total. The number of nitrogens with one attached hydrogen (secondary N) is 1. The molecule has 1 amide bonds. The van der Waals surface area contributed by atoms with Gasteiger partial charge in [0.1, 0.15) is 11.2 Å². The van der Waals surface area contributed by atoms with E-state index in [9.17, 15) is 9.59 Å². The number of benzene rings is 1. The molecule has 6 heteroatoms. The zero-order chi connectivity index (χ0) is 15.0. The van der Waals surface area contributed by atoms with Gasteiger partial charge in [-0.2, -0.15) is 0 Å². The fourth-order valence-electron chi connectivity index (χ4n) is 2.54. The Hall–Kier alpha value is -2.37. The van der Waals surface area contributed by atoms with E-state index < -0.39 is 11.4 Å². The van der Waals surface area contributed by atoms with E-state index in [-0.39, 0.29) is 5.91 Å². The molecule has 0 radical (unpaired) electrons. The van der Waals surface area contributed by atoms with E-state index in [2.05, 4.69) is 10.3 Å². The third kappa shape index (κ3) is 2.26. The molecular formula is C15H17N3O3. The Labute approximate surface area is 121 Å². The monoisotopic (exact) mass is 287 g/mol. The number of imidazole rings is 1. The van der Waals surface area contributed by atoms with Crippen LogP contribution in [-0.2, 0) is 23.1 Å². The van der Waals surface area contributed by atoms with E-state index in [1.165, 1.54) is 0 Å². The molecule has 3 rings (SSSR count). The van der Waals surface area contributed by atoms with Gasteiger partial charge in [-0.25, -0.2) is 4.98 Å². The van der Waals surface area contributed by atoms with Crippen LogP contribution in [0.1, 0.15) is 18.7 Å². The first-order chi connectivity index (χ1) is 10.0. The van der Waals surface area contributed by atoms with Gasteiger partial charge >= 0.3 is 5.97 Å². The highest BCUT2D eigenvalue weighted by Gasteiger charge is 2.56. The van der Waals surface area contributed by atoms with E-state index in [0.29, 0.717) is 25.8 Å². The molecular weight excluding hydrogens is 270 g/mol. The SMILES string of the molecule is Cn1c(CCNC(=O)C2(C(=O)O)CC2)nc2ccccc21. The standard InChI is InChI=1S/C15H17N3O3/c1-18-11-5-3-2-4-10(11)17-12(18)6-9-16-13(19)15(7-8-15)14(20)21/h2-5H,6-9H2,1H3,(H,16,19)(H,20,21). The van der Waals surface area contributed by atoms with E-state index in [1.54, 1.807) is 0 Å². The van der Waals surface area contributed by atoms with Gasteiger partial charge in [-0.1, -0.05) is 12.1 Å². The number of amides is 1. The van der Waals surface area contributed by atoms with Gasteiger partial charge in [0.15, 0.2) is 0 Å². The maximum Gasteiger partial charge on any atom is 0.319 e. The van der Waals surface area contributed by atoms with Gasteiger partial charge in [0, 0.05) is 20.0 Å². The highest BCUT2D eigenvalue weighted by molar-refractivity contribution is 6.04. The van der Waals surface area contributed by atoms with Crippen LogP contribution in [0.4, 0.5) is 0 Å². The minimum absolute atomic E-state index is 0.381. The first kappa shape index (κ1) is 13.6. The van der Waals surface area contributed by atoms with Crippen molar-refractivity contribution in [2.45, 2.75) is 19.3 Å². The van der Waals surface area contributed by atoms with Crippen molar-refractivity contribution >= 4 is 22.9 Å². The number of fused-ring (bicyclic) bond motifs is 1. The van der Waals surface area contributed by atoms with Crippen LogP contribution in [0.5, 0.6) is 0 Å². The van der Waals surface area contributed by atoms with Crippen LogP contribution in [0, 0.1) is 5.41 Å².